The number of hydrogen-bond acceptors (Lipinski definition) is 3. The van der Waals surface area contributed by atoms with Gasteiger partial charge < -0.3 is 15.2 Å². The molecule has 2 amide bonds. The van der Waals surface area contributed by atoms with Gasteiger partial charge in [-0.3, -0.25) is 9.59 Å². The molecular weight excluding hydrogens is 359 g/mol. The summed E-state index contributed by atoms with van der Waals surface area (Å²) in [5.41, 5.74) is 1.15. The second-order valence-corrected chi connectivity index (χ2v) is 7.37. The molecule has 0 unspecified atom stereocenters. The van der Waals surface area contributed by atoms with Crippen LogP contribution in [0.5, 0.6) is 0 Å². The summed E-state index contributed by atoms with van der Waals surface area (Å²) in [7, 11) is 0. The number of amides is 2. The highest BCUT2D eigenvalue weighted by Crippen LogP contribution is 2.19. The largest absolute Gasteiger partial charge is 0.347 e. The standard InChI is InChI=1S/C21H21FN4O2/c1-21(2,3)25-20(28)15-6-4-14(5-7-15)19(27)24-16-8-9-18(17(22)12-16)26-11-10-23-13-26/h4-13H,1-3H3,(H,24,27)(H,25,28). The van der Waals surface area contributed by atoms with E-state index in [2.05, 4.69) is 15.6 Å². The van der Waals surface area contributed by atoms with Crippen molar-refractivity contribution in [2.75, 3.05) is 5.32 Å². The molecule has 144 valence electrons. The maximum atomic E-state index is 14.3. The minimum Gasteiger partial charge on any atom is -0.347 e. The van der Waals surface area contributed by atoms with E-state index in [0.29, 0.717) is 22.5 Å². The Labute approximate surface area is 162 Å². The van der Waals surface area contributed by atoms with Crippen molar-refractivity contribution in [3.05, 3.63) is 78.1 Å². The summed E-state index contributed by atoms with van der Waals surface area (Å²) in [6.07, 6.45) is 4.68. The van der Waals surface area contributed by atoms with E-state index >= 15 is 0 Å². The first-order chi connectivity index (χ1) is 13.2. The summed E-state index contributed by atoms with van der Waals surface area (Å²) in [6, 6.07) is 10.7. The van der Waals surface area contributed by atoms with Gasteiger partial charge in [0.1, 0.15) is 5.82 Å². The predicted molar refractivity (Wildman–Crippen MR) is 105 cm³/mol. The third-order valence-electron chi connectivity index (χ3n) is 3.89. The summed E-state index contributed by atoms with van der Waals surface area (Å²) in [6.45, 7) is 5.68. The molecule has 0 saturated heterocycles. The molecule has 0 fully saturated rings. The smallest absolute Gasteiger partial charge is 0.255 e. The van der Waals surface area contributed by atoms with Crippen molar-refractivity contribution in [2.45, 2.75) is 26.3 Å². The number of hydrogen-bond donors (Lipinski definition) is 2. The number of rotatable bonds is 4. The zero-order chi connectivity index (χ0) is 20.3. The molecular formula is C21H21FN4O2. The lowest BCUT2D eigenvalue weighted by Crippen LogP contribution is -2.40. The first-order valence-electron chi connectivity index (χ1n) is 8.75. The van der Waals surface area contributed by atoms with E-state index in [9.17, 15) is 14.0 Å². The highest BCUT2D eigenvalue weighted by atomic mass is 19.1. The van der Waals surface area contributed by atoms with Crippen molar-refractivity contribution < 1.29 is 14.0 Å². The number of carbonyl (C=O) groups excluding carboxylic acids is 2. The van der Waals surface area contributed by atoms with Crippen molar-refractivity contribution in [3.8, 4) is 5.69 Å². The Bertz CT molecular complexity index is 990. The van der Waals surface area contributed by atoms with E-state index in [-0.39, 0.29) is 11.4 Å². The van der Waals surface area contributed by atoms with Crippen LogP contribution in [0.3, 0.4) is 0 Å². The Morgan fingerprint density at radius 1 is 1.00 bits per heavy atom. The SMILES string of the molecule is CC(C)(C)NC(=O)c1ccc(C(=O)Nc2ccc(-n3ccnc3)c(F)c2)cc1. The fraction of sp³-hybridized carbons (Fsp3) is 0.190. The number of halogens is 1. The molecule has 3 aromatic rings. The van der Waals surface area contributed by atoms with Gasteiger partial charge in [0.05, 0.1) is 12.0 Å². The maximum Gasteiger partial charge on any atom is 0.255 e. The van der Waals surface area contributed by atoms with E-state index in [4.69, 9.17) is 0 Å². The van der Waals surface area contributed by atoms with Crippen LogP contribution in [0.4, 0.5) is 10.1 Å². The van der Waals surface area contributed by atoms with Gasteiger partial charge in [0.25, 0.3) is 11.8 Å². The Morgan fingerprint density at radius 2 is 1.64 bits per heavy atom. The summed E-state index contributed by atoms with van der Waals surface area (Å²) >= 11 is 0. The molecule has 2 N–H and O–H groups in total. The van der Waals surface area contributed by atoms with Crippen LogP contribution in [0.15, 0.2) is 61.2 Å². The molecule has 0 aliphatic carbocycles. The van der Waals surface area contributed by atoms with Crippen LogP contribution in [0.2, 0.25) is 0 Å². The third-order valence-corrected chi connectivity index (χ3v) is 3.89. The molecule has 6 nitrogen and oxygen atoms in total. The minimum absolute atomic E-state index is 0.211. The number of nitrogens with one attached hydrogen (secondary N) is 2. The highest BCUT2D eigenvalue weighted by molar-refractivity contribution is 6.05. The van der Waals surface area contributed by atoms with Crippen LogP contribution < -0.4 is 10.6 Å². The molecule has 0 aliphatic rings. The van der Waals surface area contributed by atoms with Gasteiger partial charge in [-0.15, -0.1) is 0 Å². The van der Waals surface area contributed by atoms with Gasteiger partial charge in [-0.05, 0) is 63.2 Å². The number of anilines is 1. The van der Waals surface area contributed by atoms with Gasteiger partial charge in [-0.25, -0.2) is 9.37 Å². The van der Waals surface area contributed by atoms with Crippen molar-refractivity contribution in [2.24, 2.45) is 0 Å². The lowest BCUT2D eigenvalue weighted by atomic mass is 10.1. The molecule has 1 aromatic heterocycles. The van der Waals surface area contributed by atoms with E-state index in [0.717, 1.165) is 0 Å². The normalized spacial score (nSPS) is 11.1. The number of benzene rings is 2. The molecule has 0 spiro atoms. The lowest BCUT2D eigenvalue weighted by Gasteiger charge is -2.20. The number of carbonyl (C=O) groups is 2. The zero-order valence-corrected chi connectivity index (χ0v) is 15.9. The molecule has 1 heterocycles. The lowest BCUT2D eigenvalue weighted by molar-refractivity contribution is 0.0918. The zero-order valence-electron chi connectivity index (χ0n) is 15.9. The average Bonchev–Trinajstić information content (AvgIpc) is 3.15. The molecule has 7 heteroatoms. The molecule has 28 heavy (non-hydrogen) atoms. The van der Waals surface area contributed by atoms with Crippen molar-refractivity contribution in [1.82, 2.24) is 14.9 Å². The van der Waals surface area contributed by atoms with Crippen LogP contribution in [0, 0.1) is 5.82 Å². The molecule has 0 aliphatic heterocycles. The number of aromatic nitrogens is 2. The molecule has 0 saturated carbocycles. The van der Waals surface area contributed by atoms with Gasteiger partial charge >= 0.3 is 0 Å². The van der Waals surface area contributed by atoms with E-state index in [1.807, 2.05) is 20.8 Å². The fourth-order valence-electron chi connectivity index (χ4n) is 2.58. The molecule has 3 rings (SSSR count). The predicted octanol–water partition coefficient (Wildman–Crippen LogP) is 3.79. The van der Waals surface area contributed by atoms with E-state index in [1.165, 1.54) is 12.4 Å². The van der Waals surface area contributed by atoms with Gasteiger partial charge in [-0.1, -0.05) is 0 Å². The Hall–Kier alpha value is -3.48. The first kappa shape index (κ1) is 19.3. The minimum atomic E-state index is -0.481. The second-order valence-electron chi connectivity index (χ2n) is 7.37. The molecule has 2 aromatic carbocycles. The fourth-order valence-corrected chi connectivity index (χ4v) is 2.58. The summed E-state index contributed by atoms with van der Waals surface area (Å²) in [4.78, 5) is 28.4. The summed E-state index contributed by atoms with van der Waals surface area (Å²) in [5.74, 6) is -1.08. The Kier molecular flexibility index (Phi) is 5.26. The van der Waals surface area contributed by atoms with Crippen LogP contribution in [-0.4, -0.2) is 26.9 Å². The van der Waals surface area contributed by atoms with Crippen LogP contribution in [-0.2, 0) is 0 Å². The van der Waals surface area contributed by atoms with Crippen LogP contribution in [0.25, 0.3) is 5.69 Å². The van der Waals surface area contributed by atoms with Gasteiger partial charge in [0.15, 0.2) is 0 Å². The van der Waals surface area contributed by atoms with Crippen LogP contribution in [0.1, 0.15) is 41.5 Å². The topological polar surface area (TPSA) is 76.0 Å². The quantitative estimate of drug-likeness (QED) is 0.723. The van der Waals surface area contributed by atoms with Crippen LogP contribution >= 0.6 is 0 Å². The van der Waals surface area contributed by atoms with Crippen molar-refractivity contribution >= 4 is 17.5 Å². The van der Waals surface area contributed by atoms with Gasteiger partial charge in [-0.2, -0.15) is 0 Å². The second kappa shape index (κ2) is 7.64. The highest BCUT2D eigenvalue weighted by Gasteiger charge is 2.16. The average molecular weight is 380 g/mol. The monoisotopic (exact) mass is 380 g/mol. The maximum absolute atomic E-state index is 14.3. The Morgan fingerprint density at radius 3 is 2.18 bits per heavy atom. The third kappa shape index (κ3) is 4.62. The summed E-state index contributed by atoms with van der Waals surface area (Å²) < 4.78 is 15.8. The summed E-state index contributed by atoms with van der Waals surface area (Å²) in [5, 5.41) is 5.51. The van der Waals surface area contributed by atoms with Crippen molar-refractivity contribution in [3.63, 3.8) is 0 Å². The van der Waals surface area contributed by atoms with Gasteiger partial charge in [0.2, 0.25) is 0 Å². The molecule has 0 atom stereocenters. The van der Waals surface area contributed by atoms with E-state index in [1.54, 1.807) is 53.4 Å². The number of imidazole rings is 1. The molecule has 0 bridgehead atoms. The molecule has 0 radical (unpaired) electrons. The first-order valence-corrected chi connectivity index (χ1v) is 8.75. The number of nitrogens with zero attached hydrogens (tertiary/aromatic N) is 2. The van der Waals surface area contributed by atoms with Crippen molar-refractivity contribution in [1.29, 1.82) is 0 Å². The van der Waals surface area contributed by atoms with Gasteiger partial charge in [0, 0.05) is 34.7 Å². The Balaban J connectivity index is 1.69. The van der Waals surface area contributed by atoms with E-state index < -0.39 is 11.7 Å².